The van der Waals surface area contributed by atoms with Gasteiger partial charge in [-0.05, 0) is 44.0 Å². The van der Waals surface area contributed by atoms with Crippen LogP contribution >= 0.6 is 11.3 Å². The number of ether oxygens (including phenoxy) is 3. The molecule has 2 aromatic carbocycles. The van der Waals surface area contributed by atoms with Crippen molar-refractivity contribution in [2.24, 2.45) is 0 Å². The first kappa shape index (κ1) is 30.3. The van der Waals surface area contributed by atoms with Gasteiger partial charge in [-0.15, -0.1) is 11.3 Å². The van der Waals surface area contributed by atoms with E-state index in [9.17, 15) is 18.0 Å². The van der Waals surface area contributed by atoms with E-state index in [2.05, 4.69) is 15.0 Å². The highest BCUT2D eigenvalue weighted by Gasteiger charge is 2.30. The smallest absolute Gasteiger partial charge is 0.270 e. The fraction of sp³-hybridized carbons (Fsp3) is 0.393. The van der Waals surface area contributed by atoms with Crippen molar-refractivity contribution in [2.75, 3.05) is 47.5 Å². The number of aryl methyl sites for hydroxylation is 1. The number of amides is 2. The number of rotatable bonds is 11. The molecule has 4 rings (SSSR count). The largest absolute Gasteiger partial charge is 0.493 e. The molecule has 1 fully saturated rings. The highest BCUT2D eigenvalue weighted by Crippen LogP contribution is 2.40. The molecule has 0 unspecified atom stereocenters. The summed E-state index contributed by atoms with van der Waals surface area (Å²) in [5.41, 5.74) is 1.66. The molecule has 0 atom stereocenters. The van der Waals surface area contributed by atoms with Crippen molar-refractivity contribution >= 4 is 33.2 Å². The van der Waals surface area contributed by atoms with Gasteiger partial charge in [-0.3, -0.25) is 9.59 Å². The molecule has 3 aromatic rings. The molecule has 2 amide bonds. The Kier molecular flexibility index (Phi) is 9.84. The summed E-state index contributed by atoms with van der Waals surface area (Å²) >= 11 is 1.41. The average Bonchev–Trinajstić information content (AvgIpc) is 3.49. The number of likely N-dealkylation sites (tertiary alicyclic amines) is 1. The Morgan fingerprint density at radius 1 is 0.976 bits per heavy atom. The minimum atomic E-state index is -3.65. The van der Waals surface area contributed by atoms with Gasteiger partial charge < -0.3 is 24.4 Å². The van der Waals surface area contributed by atoms with E-state index in [4.69, 9.17) is 14.2 Å². The number of hydrogen-bond donors (Lipinski definition) is 2. The molecule has 0 spiro atoms. The molecular formula is C28H34N4O7S2. The zero-order valence-electron chi connectivity index (χ0n) is 23.4. The summed E-state index contributed by atoms with van der Waals surface area (Å²) in [6.45, 7) is 3.12. The van der Waals surface area contributed by atoms with Crippen LogP contribution in [0.3, 0.4) is 0 Å². The molecule has 41 heavy (non-hydrogen) atoms. The van der Waals surface area contributed by atoms with E-state index in [1.54, 1.807) is 46.7 Å². The molecule has 0 saturated carbocycles. The zero-order valence-corrected chi connectivity index (χ0v) is 25.1. The molecule has 13 heteroatoms. The average molecular weight is 603 g/mol. The standard InChI is InChI=1S/C28H34N4O7S2/c1-18-5-7-20(8-6-18)41(35,36)30-14-13-29-26(33)22-17-40-27(31-22)19-11-15-32(16-12-19)28(34)21-9-10-23(37-2)25(39-4)24(21)38-3/h5-10,17,19,30H,11-16H2,1-4H3,(H,29,33). The predicted octanol–water partition coefficient (Wildman–Crippen LogP) is 3.21. The molecule has 1 aliphatic heterocycles. The summed E-state index contributed by atoms with van der Waals surface area (Å²) in [5.74, 6) is 0.783. The molecular weight excluding hydrogens is 568 g/mol. The van der Waals surface area contributed by atoms with Crippen LogP contribution in [0.1, 0.15) is 50.2 Å². The van der Waals surface area contributed by atoms with E-state index in [-0.39, 0.29) is 35.7 Å². The van der Waals surface area contributed by atoms with E-state index < -0.39 is 10.0 Å². The lowest BCUT2D eigenvalue weighted by atomic mass is 9.97. The summed E-state index contributed by atoms with van der Waals surface area (Å²) < 4.78 is 43.5. The third-order valence-electron chi connectivity index (χ3n) is 6.85. The van der Waals surface area contributed by atoms with Crippen molar-refractivity contribution in [3.8, 4) is 17.2 Å². The van der Waals surface area contributed by atoms with Gasteiger partial charge in [0.2, 0.25) is 15.8 Å². The second-order valence-electron chi connectivity index (χ2n) is 9.49. The van der Waals surface area contributed by atoms with Gasteiger partial charge in [-0.1, -0.05) is 17.7 Å². The molecule has 1 saturated heterocycles. The van der Waals surface area contributed by atoms with E-state index in [0.717, 1.165) is 10.6 Å². The van der Waals surface area contributed by atoms with Crippen molar-refractivity contribution in [3.63, 3.8) is 0 Å². The van der Waals surface area contributed by atoms with Gasteiger partial charge in [-0.2, -0.15) is 0 Å². The van der Waals surface area contributed by atoms with E-state index in [1.165, 1.54) is 32.7 Å². The Morgan fingerprint density at radius 2 is 1.66 bits per heavy atom. The topological polar surface area (TPSA) is 136 Å². The Hall–Kier alpha value is -3.68. The Morgan fingerprint density at radius 3 is 2.29 bits per heavy atom. The highest BCUT2D eigenvalue weighted by molar-refractivity contribution is 7.89. The van der Waals surface area contributed by atoms with Crippen LogP contribution in [0.25, 0.3) is 0 Å². The number of nitrogens with one attached hydrogen (secondary N) is 2. The first-order chi connectivity index (χ1) is 19.7. The van der Waals surface area contributed by atoms with Crippen molar-refractivity contribution in [2.45, 2.75) is 30.6 Å². The van der Waals surface area contributed by atoms with Crippen LogP contribution in [0.5, 0.6) is 17.2 Å². The SMILES string of the molecule is COc1ccc(C(=O)N2CCC(c3nc(C(=O)NCCNS(=O)(=O)c4ccc(C)cc4)cs3)CC2)c(OC)c1OC. The van der Waals surface area contributed by atoms with E-state index in [0.29, 0.717) is 54.4 Å². The third-order valence-corrected chi connectivity index (χ3v) is 9.34. The number of hydrogen-bond acceptors (Lipinski definition) is 9. The molecule has 0 aliphatic carbocycles. The van der Waals surface area contributed by atoms with Crippen LogP contribution in [0.4, 0.5) is 0 Å². The van der Waals surface area contributed by atoms with Gasteiger partial charge in [0.05, 0.1) is 36.8 Å². The normalized spacial score (nSPS) is 14.0. The van der Waals surface area contributed by atoms with Crippen molar-refractivity contribution < 1.29 is 32.2 Å². The number of methoxy groups -OCH3 is 3. The predicted molar refractivity (Wildman–Crippen MR) is 155 cm³/mol. The van der Waals surface area contributed by atoms with Gasteiger partial charge >= 0.3 is 0 Å². The minimum Gasteiger partial charge on any atom is -0.493 e. The van der Waals surface area contributed by atoms with Crippen molar-refractivity contribution in [1.82, 2.24) is 19.9 Å². The monoisotopic (exact) mass is 602 g/mol. The molecule has 1 aliphatic rings. The lowest BCUT2D eigenvalue weighted by molar-refractivity contribution is 0.0708. The maximum Gasteiger partial charge on any atom is 0.270 e. The second-order valence-corrected chi connectivity index (χ2v) is 12.1. The maximum absolute atomic E-state index is 13.3. The lowest BCUT2D eigenvalue weighted by Gasteiger charge is -2.31. The molecule has 1 aromatic heterocycles. The fourth-order valence-corrected chi connectivity index (χ4v) is 6.60. The summed E-state index contributed by atoms with van der Waals surface area (Å²) in [7, 11) is 0.855. The second kappa shape index (κ2) is 13.3. The molecule has 2 heterocycles. The van der Waals surface area contributed by atoms with Crippen molar-refractivity contribution in [1.29, 1.82) is 0 Å². The number of carbonyl (C=O) groups is 2. The summed E-state index contributed by atoms with van der Waals surface area (Å²) in [5, 5.41) is 5.25. The van der Waals surface area contributed by atoms with Crippen molar-refractivity contribution in [3.05, 3.63) is 63.6 Å². The first-order valence-electron chi connectivity index (χ1n) is 13.1. The zero-order chi connectivity index (χ0) is 29.6. The quantitative estimate of drug-likeness (QED) is 0.320. The van der Waals surface area contributed by atoms with Gasteiger partial charge in [-0.25, -0.2) is 18.1 Å². The number of thiazole rings is 1. The summed E-state index contributed by atoms with van der Waals surface area (Å²) in [6.07, 6.45) is 1.41. The third kappa shape index (κ3) is 6.97. The molecule has 2 N–H and O–H groups in total. The highest BCUT2D eigenvalue weighted by atomic mass is 32.2. The van der Waals surface area contributed by atoms with Crippen LogP contribution in [0.15, 0.2) is 46.7 Å². The number of aromatic nitrogens is 1. The van der Waals surface area contributed by atoms with Gasteiger partial charge in [0.25, 0.3) is 11.8 Å². The first-order valence-corrected chi connectivity index (χ1v) is 15.4. The Balaban J connectivity index is 1.28. The number of piperidine rings is 1. The Labute approximate surface area is 243 Å². The van der Waals surface area contributed by atoms with Gasteiger partial charge in [0, 0.05) is 37.5 Å². The number of nitrogens with zero attached hydrogens (tertiary/aromatic N) is 2. The summed E-state index contributed by atoms with van der Waals surface area (Å²) in [4.78, 5) is 32.4. The maximum atomic E-state index is 13.3. The fourth-order valence-electron chi connectivity index (χ4n) is 4.60. The van der Waals surface area contributed by atoms with Crippen LogP contribution in [-0.4, -0.2) is 77.6 Å². The lowest BCUT2D eigenvalue weighted by Crippen LogP contribution is -2.38. The van der Waals surface area contributed by atoms with Crippen LogP contribution in [-0.2, 0) is 10.0 Å². The molecule has 0 bridgehead atoms. The molecule has 0 radical (unpaired) electrons. The number of carbonyl (C=O) groups excluding carboxylic acids is 2. The molecule has 220 valence electrons. The van der Waals surface area contributed by atoms with Gasteiger partial charge in [0.15, 0.2) is 11.5 Å². The Bertz CT molecular complexity index is 1480. The van der Waals surface area contributed by atoms with Crippen LogP contribution < -0.4 is 24.2 Å². The summed E-state index contributed by atoms with van der Waals surface area (Å²) in [6, 6.07) is 9.90. The van der Waals surface area contributed by atoms with Crippen LogP contribution in [0.2, 0.25) is 0 Å². The minimum absolute atomic E-state index is 0.0519. The number of benzene rings is 2. The number of sulfonamides is 1. The molecule has 11 nitrogen and oxygen atoms in total. The van der Waals surface area contributed by atoms with Crippen LogP contribution in [0, 0.1) is 6.92 Å². The van der Waals surface area contributed by atoms with Gasteiger partial charge in [0.1, 0.15) is 5.69 Å². The van der Waals surface area contributed by atoms with E-state index in [1.807, 2.05) is 6.92 Å². The van der Waals surface area contributed by atoms with E-state index >= 15 is 0 Å².